The Balaban J connectivity index is 1.59. The van der Waals surface area contributed by atoms with E-state index in [1.807, 2.05) is 13.0 Å². The van der Waals surface area contributed by atoms with Crippen molar-refractivity contribution in [2.75, 3.05) is 16.4 Å². The highest BCUT2D eigenvalue weighted by Crippen LogP contribution is 2.40. The largest absolute Gasteiger partial charge is 0.353 e. The molecule has 0 bridgehead atoms. The van der Waals surface area contributed by atoms with Gasteiger partial charge in [-0.1, -0.05) is 41.0 Å². The van der Waals surface area contributed by atoms with Crippen LogP contribution in [0.1, 0.15) is 24.0 Å². The van der Waals surface area contributed by atoms with Gasteiger partial charge in [0, 0.05) is 45.1 Å². The normalized spacial score (nSPS) is 15.0. The van der Waals surface area contributed by atoms with Gasteiger partial charge in [0.25, 0.3) is 5.91 Å². The molecule has 0 fully saturated rings. The fourth-order valence-corrected chi connectivity index (χ4v) is 5.15. The van der Waals surface area contributed by atoms with E-state index in [9.17, 15) is 14.9 Å². The molecule has 3 N–H and O–H groups in total. The minimum absolute atomic E-state index is 0.0433. The molecule has 38 heavy (non-hydrogen) atoms. The molecule has 192 valence electrons. The Morgan fingerprint density at radius 3 is 2.37 bits per heavy atom. The molecule has 4 rings (SSSR count). The number of hydrogen-bond donors (Lipinski definition) is 3. The van der Waals surface area contributed by atoms with Crippen molar-refractivity contribution < 1.29 is 9.59 Å². The number of hydrogen-bond acceptors (Lipinski definition) is 6. The maximum Gasteiger partial charge on any atom is 0.254 e. The molecule has 1 aliphatic heterocycles. The average molecular weight is 564 g/mol. The fourth-order valence-electron chi connectivity index (χ4n) is 3.95. The number of halogens is 2. The van der Waals surface area contributed by atoms with Crippen molar-refractivity contribution in [3.05, 3.63) is 110 Å². The number of aromatic nitrogens is 1. The fraction of sp³-hybridized carbons (Fsp3) is 0.143. The van der Waals surface area contributed by atoms with E-state index in [4.69, 9.17) is 23.2 Å². The molecule has 0 spiro atoms. The van der Waals surface area contributed by atoms with Crippen LogP contribution in [0.15, 0.2) is 88.9 Å². The van der Waals surface area contributed by atoms with Crippen molar-refractivity contribution in [1.29, 1.82) is 5.26 Å². The minimum Gasteiger partial charge on any atom is -0.353 e. The number of nitrogens with one attached hydrogen (secondary N) is 3. The number of dihydropyridines is 1. The van der Waals surface area contributed by atoms with Crippen molar-refractivity contribution in [3.8, 4) is 6.07 Å². The SMILES string of the molecule is CC1=C(C(=O)Nc2ccc(Cl)cc2)[C@@H](c2ccncc2)C(C#N)=C(SCC(=O)Nc2ccc(C)c(Cl)c2)N1. The lowest BCUT2D eigenvalue weighted by molar-refractivity contribution is -0.114. The molecule has 1 aliphatic rings. The monoisotopic (exact) mass is 563 g/mol. The molecule has 0 saturated heterocycles. The third-order valence-electron chi connectivity index (χ3n) is 5.84. The number of amides is 2. The van der Waals surface area contributed by atoms with E-state index in [1.165, 1.54) is 11.8 Å². The number of anilines is 2. The highest BCUT2D eigenvalue weighted by molar-refractivity contribution is 8.03. The first-order chi connectivity index (χ1) is 18.3. The number of nitrogens with zero attached hydrogens (tertiary/aromatic N) is 2. The predicted molar refractivity (Wildman–Crippen MR) is 153 cm³/mol. The zero-order valence-electron chi connectivity index (χ0n) is 20.5. The van der Waals surface area contributed by atoms with Gasteiger partial charge in [-0.15, -0.1) is 0 Å². The van der Waals surface area contributed by atoms with Crippen molar-refractivity contribution in [3.63, 3.8) is 0 Å². The molecule has 2 aromatic carbocycles. The second-order valence-electron chi connectivity index (χ2n) is 8.49. The number of pyridine rings is 1. The number of rotatable bonds is 7. The number of benzene rings is 2. The smallest absolute Gasteiger partial charge is 0.254 e. The van der Waals surface area contributed by atoms with E-state index >= 15 is 0 Å². The molecule has 2 heterocycles. The highest BCUT2D eigenvalue weighted by atomic mass is 35.5. The molecule has 0 saturated carbocycles. The third-order valence-corrected chi connectivity index (χ3v) is 7.51. The van der Waals surface area contributed by atoms with E-state index in [0.29, 0.717) is 43.3 Å². The number of carbonyl (C=O) groups is 2. The Hall–Kier alpha value is -3.77. The summed E-state index contributed by atoms with van der Waals surface area (Å²) in [7, 11) is 0. The highest BCUT2D eigenvalue weighted by Gasteiger charge is 2.35. The first-order valence-corrected chi connectivity index (χ1v) is 13.3. The van der Waals surface area contributed by atoms with Crippen LogP contribution in [0.4, 0.5) is 11.4 Å². The maximum absolute atomic E-state index is 13.5. The second kappa shape index (κ2) is 12.2. The van der Waals surface area contributed by atoms with Crippen LogP contribution in [-0.2, 0) is 9.59 Å². The lowest BCUT2D eigenvalue weighted by Crippen LogP contribution is -2.31. The van der Waals surface area contributed by atoms with Gasteiger partial charge in [-0.25, -0.2) is 0 Å². The van der Waals surface area contributed by atoms with Gasteiger partial charge in [0.15, 0.2) is 0 Å². The Morgan fingerprint density at radius 1 is 1.03 bits per heavy atom. The molecule has 7 nitrogen and oxygen atoms in total. The first-order valence-electron chi connectivity index (χ1n) is 11.5. The van der Waals surface area contributed by atoms with Gasteiger partial charge in [0.2, 0.25) is 5.91 Å². The summed E-state index contributed by atoms with van der Waals surface area (Å²) in [6.07, 6.45) is 3.23. The molecular formula is C28H23Cl2N5O2S. The molecule has 0 aliphatic carbocycles. The second-order valence-corrected chi connectivity index (χ2v) is 10.3. The maximum atomic E-state index is 13.5. The molecule has 3 aromatic rings. The van der Waals surface area contributed by atoms with E-state index in [-0.39, 0.29) is 17.6 Å². The van der Waals surface area contributed by atoms with Crippen LogP contribution in [-0.4, -0.2) is 22.6 Å². The predicted octanol–water partition coefficient (Wildman–Crippen LogP) is 6.40. The van der Waals surface area contributed by atoms with Gasteiger partial charge in [0.1, 0.15) is 0 Å². The third kappa shape index (κ3) is 6.37. The molecule has 0 radical (unpaired) electrons. The number of carbonyl (C=O) groups excluding carboxylic acids is 2. The van der Waals surface area contributed by atoms with Gasteiger partial charge >= 0.3 is 0 Å². The number of allylic oxidation sites excluding steroid dienone is 2. The lowest BCUT2D eigenvalue weighted by atomic mass is 9.82. The summed E-state index contributed by atoms with van der Waals surface area (Å²) in [6.45, 7) is 3.65. The summed E-state index contributed by atoms with van der Waals surface area (Å²) >= 11 is 13.3. The van der Waals surface area contributed by atoms with Crippen molar-refractivity contribution in [1.82, 2.24) is 10.3 Å². The molecule has 1 aromatic heterocycles. The Kier molecular flexibility index (Phi) is 8.74. The van der Waals surface area contributed by atoms with E-state index in [0.717, 1.165) is 11.1 Å². The summed E-state index contributed by atoms with van der Waals surface area (Å²) in [5.74, 6) is -1.22. The van der Waals surface area contributed by atoms with Crippen LogP contribution in [0.3, 0.4) is 0 Å². The summed E-state index contributed by atoms with van der Waals surface area (Å²) in [6, 6.07) is 17.9. The summed E-state index contributed by atoms with van der Waals surface area (Å²) < 4.78 is 0. The van der Waals surface area contributed by atoms with Crippen molar-refractivity contribution >= 4 is 58.2 Å². The van der Waals surface area contributed by atoms with Crippen LogP contribution >= 0.6 is 35.0 Å². The van der Waals surface area contributed by atoms with Crippen molar-refractivity contribution in [2.45, 2.75) is 19.8 Å². The van der Waals surface area contributed by atoms with Gasteiger partial charge in [-0.2, -0.15) is 5.26 Å². The average Bonchev–Trinajstić information content (AvgIpc) is 2.90. The van der Waals surface area contributed by atoms with Crippen LogP contribution in [0.25, 0.3) is 0 Å². The Labute approximate surface area is 234 Å². The molecule has 0 unspecified atom stereocenters. The van der Waals surface area contributed by atoms with Gasteiger partial charge in [-0.3, -0.25) is 14.6 Å². The molecule has 1 atom stereocenters. The summed E-state index contributed by atoms with van der Waals surface area (Å²) in [4.78, 5) is 30.2. The van der Waals surface area contributed by atoms with Crippen LogP contribution in [0.2, 0.25) is 10.0 Å². The number of thioether (sulfide) groups is 1. The summed E-state index contributed by atoms with van der Waals surface area (Å²) in [5, 5.41) is 20.7. The van der Waals surface area contributed by atoms with E-state index in [1.54, 1.807) is 67.8 Å². The zero-order chi connectivity index (χ0) is 27.2. The molecular weight excluding hydrogens is 541 g/mol. The topological polar surface area (TPSA) is 107 Å². The quantitative estimate of drug-likeness (QED) is 0.307. The van der Waals surface area contributed by atoms with Gasteiger partial charge in [0.05, 0.1) is 28.3 Å². The van der Waals surface area contributed by atoms with Crippen LogP contribution in [0, 0.1) is 18.3 Å². The van der Waals surface area contributed by atoms with Gasteiger partial charge < -0.3 is 16.0 Å². The number of nitriles is 1. The zero-order valence-corrected chi connectivity index (χ0v) is 22.8. The van der Waals surface area contributed by atoms with Crippen LogP contribution in [0.5, 0.6) is 0 Å². The molecule has 2 amide bonds. The number of aryl methyl sites for hydroxylation is 1. The Bertz CT molecular complexity index is 1480. The van der Waals surface area contributed by atoms with E-state index < -0.39 is 5.92 Å². The summed E-state index contributed by atoms with van der Waals surface area (Å²) in [5.41, 5.74) is 4.11. The van der Waals surface area contributed by atoms with Gasteiger partial charge in [-0.05, 0) is 73.5 Å². The first kappa shape index (κ1) is 27.3. The molecule has 10 heteroatoms. The standard InChI is InChI=1S/C28H23Cl2N5O2S/c1-16-3-6-21(13-23(16)30)34-24(36)15-38-28-22(14-31)26(18-9-11-32-12-10-18)25(17(2)33-28)27(37)35-20-7-4-19(29)5-8-20/h3-13,26,33H,15H2,1-2H3,(H,34,36)(H,35,37)/t26-/m0/s1. The Morgan fingerprint density at radius 2 is 1.71 bits per heavy atom. The minimum atomic E-state index is -0.655. The van der Waals surface area contributed by atoms with Crippen LogP contribution < -0.4 is 16.0 Å². The van der Waals surface area contributed by atoms with E-state index in [2.05, 4.69) is 27.0 Å². The van der Waals surface area contributed by atoms with Crippen molar-refractivity contribution in [2.24, 2.45) is 0 Å². The lowest BCUT2D eigenvalue weighted by Gasteiger charge is -2.29.